The molecule has 1 aromatic rings. The number of aryl methyl sites for hydroxylation is 1. The molecule has 1 nitrogen and oxygen atoms in total. The van der Waals surface area contributed by atoms with Crippen molar-refractivity contribution in [3.63, 3.8) is 0 Å². The maximum Gasteiger partial charge on any atom is 0.163 e. The smallest absolute Gasteiger partial charge is 0.163 e. The Bertz CT molecular complexity index is 339. The molecule has 0 heterocycles. The summed E-state index contributed by atoms with van der Waals surface area (Å²) in [5.74, 6) is 0.727. The Labute approximate surface area is 72.4 Å². The molecule has 1 aliphatic carbocycles. The van der Waals surface area contributed by atoms with E-state index in [-0.39, 0.29) is 0 Å². The number of carbonyl (C=O) groups is 1. The van der Waals surface area contributed by atoms with Crippen LogP contribution in [0.5, 0.6) is 0 Å². The predicted octanol–water partition coefficient (Wildman–Crippen LogP) is 2.68. The topological polar surface area (TPSA) is 17.1 Å². The number of carbonyl (C=O) groups excluding carboxylic acids is 1. The normalized spacial score (nSPS) is 21.2. The van der Waals surface area contributed by atoms with Crippen LogP contribution in [-0.4, -0.2) is 5.78 Å². The van der Waals surface area contributed by atoms with E-state index in [1.54, 1.807) is 0 Å². The summed E-state index contributed by atoms with van der Waals surface area (Å²) in [7, 11) is 0. The summed E-state index contributed by atoms with van der Waals surface area (Å²) < 4.78 is 0. The lowest BCUT2D eigenvalue weighted by atomic mass is 10.0. The van der Waals surface area contributed by atoms with Gasteiger partial charge in [-0.2, -0.15) is 0 Å². The van der Waals surface area contributed by atoms with E-state index in [1.807, 2.05) is 12.1 Å². The van der Waals surface area contributed by atoms with Gasteiger partial charge in [0, 0.05) is 12.0 Å². The fraction of sp³-hybridized carbons (Fsp3) is 0.364. The van der Waals surface area contributed by atoms with Crippen molar-refractivity contribution in [3.05, 3.63) is 34.9 Å². The van der Waals surface area contributed by atoms with E-state index in [0.29, 0.717) is 18.1 Å². The van der Waals surface area contributed by atoms with E-state index in [9.17, 15) is 4.79 Å². The molecule has 1 unspecified atom stereocenters. The Balaban J connectivity index is 2.60. The Hall–Kier alpha value is -1.11. The summed E-state index contributed by atoms with van der Waals surface area (Å²) >= 11 is 0. The van der Waals surface area contributed by atoms with E-state index in [0.717, 1.165) is 5.56 Å². The van der Waals surface area contributed by atoms with Crippen molar-refractivity contribution in [2.45, 2.75) is 26.2 Å². The molecular weight excluding hydrogens is 148 g/mol. The van der Waals surface area contributed by atoms with Crippen molar-refractivity contribution in [3.8, 4) is 0 Å². The summed E-state index contributed by atoms with van der Waals surface area (Å²) in [6.45, 7) is 4.18. The molecule has 1 atom stereocenters. The zero-order chi connectivity index (χ0) is 8.72. The summed E-state index contributed by atoms with van der Waals surface area (Å²) in [6.07, 6.45) is 0.693. The van der Waals surface area contributed by atoms with Gasteiger partial charge in [-0.05, 0) is 18.4 Å². The number of fused-ring (bicyclic) bond motifs is 1. The van der Waals surface area contributed by atoms with E-state index in [4.69, 9.17) is 0 Å². The van der Waals surface area contributed by atoms with Crippen molar-refractivity contribution >= 4 is 5.78 Å². The fourth-order valence-electron chi connectivity index (χ4n) is 1.84. The van der Waals surface area contributed by atoms with Gasteiger partial charge in [0.1, 0.15) is 0 Å². The highest BCUT2D eigenvalue weighted by molar-refractivity contribution is 6.01. The molecule has 2 rings (SSSR count). The second-order valence-electron chi connectivity index (χ2n) is 3.62. The molecule has 0 amide bonds. The van der Waals surface area contributed by atoms with Crippen LogP contribution < -0.4 is 0 Å². The van der Waals surface area contributed by atoms with Crippen LogP contribution in [0.4, 0.5) is 0 Å². The Kier molecular flexibility index (Phi) is 1.53. The van der Waals surface area contributed by atoms with Gasteiger partial charge in [-0.3, -0.25) is 4.79 Å². The van der Waals surface area contributed by atoms with E-state index < -0.39 is 0 Å². The Morgan fingerprint density at radius 2 is 2.17 bits per heavy atom. The first-order chi connectivity index (χ1) is 5.68. The van der Waals surface area contributed by atoms with Gasteiger partial charge in [0.25, 0.3) is 0 Å². The molecule has 1 heteroatoms. The molecule has 62 valence electrons. The van der Waals surface area contributed by atoms with Crippen LogP contribution in [0.2, 0.25) is 0 Å². The third kappa shape index (κ3) is 0.970. The second-order valence-corrected chi connectivity index (χ2v) is 3.62. The standard InChI is InChI=1S/C11H12O/c1-7-3-4-9-10(5-7)8(2)6-11(9)12/h3-5,8H,6H2,1-2H3. The number of ketones is 1. The first kappa shape index (κ1) is 7.53. The van der Waals surface area contributed by atoms with Crippen LogP contribution in [-0.2, 0) is 0 Å². The van der Waals surface area contributed by atoms with Crippen molar-refractivity contribution in [1.82, 2.24) is 0 Å². The van der Waals surface area contributed by atoms with Gasteiger partial charge in [-0.25, -0.2) is 0 Å². The zero-order valence-electron chi connectivity index (χ0n) is 7.42. The predicted molar refractivity (Wildman–Crippen MR) is 48.5 cm³/mol. The third-order valence-corrected chi connectivity index (χ3v) is 2.53. The first-order valence-electron chi connectivity index (χ1n) is 4.32. The SMILES string of the molecule is Cc1ccc2c(c1)C(C)CC2=O. The van der Waals surface area contributed by atoms with Crippen LogP contribution in [0.15, 0.2) is 18.2 Å². The van der Waals surface area contributed by atoms with E-state index in [2.05, 4.69) is 19.9 Å². The Morgan fingerprint density at radius 3 is 2.92 bits per heavy atom. The molecule has 0 spiro atoms. The van der Waals surface area contributed by atoms with Crippen LogP contribution >= 0.6 is 0 Å². The van der Waals surface area contributed by atoms with Crippen LogP contribution in [0, 0.1) is 6.92 Å². The molecule has 0 aliphatic heterocycles. The number of Topliss-reactive ketones (excluding diaryl/α,β-unsaturated/α-hetero) is 1. The molecular formula is C11H12O. The van der Waals surface area contributed by atoms with Crippen molar-refractivity contribution in [2.24, 2.45) is 0 Å². The fourth-order valence-corrected chi connectivity index (χ4v) is 1.84. The lowest BCUT2D eigenvalue weighted by Crippen LogP contribution is -1.90. The molecule has 1 aliphatic rings. The van der Waals surface area contributed by atoms with Gasteiger partial charge < -0.3 is 0 Å². The molecule has 12 heavy (non-hydrogen) atoms. The monoisotopic (exact) mass is 160 g/mol. The minimum Gasteiger partial charge on any atom is -0.294 e. The first-order valence-corrected chi connectivity index (χ1v) is 4.32. The van der Waals surface area contributed by atoms with Crippen LogP contribution in [0.3, 0.4) is 0 Å². The molecule has 0 saturated carbocycles. The van der Waals surface area contributed by atoms with Crippen molar-refractivity contribution < 1.29 is 4.79 Å². The quantitative estimate of drug-likeness (QED) is 0.570. The van der Waals surface area contributed by atoms with Gasteiger partial charge in [-0.15, -0.1) is 0 Å². The number of hydrogen-bond donors (Lipinski definition) is 0. The number of hydrogen-bond acceptors (Lipinski definition) is 1. The molecule has 0 fully saturated rings. The lowest BCUT2D eigenvalue weighted by molar-refractivity contribution is 0.0990. The minimum atomic E-state index is 0.303. The summed E-state index contributed by atoms with van der Waals surface area (Å²) in [5, 5.41) is 0. The molecule has 0 aromatic heterocycles. The molecule has 1 aromatic carbocycles. The highest BCUT2D eigenvalue weighted by atomic mass is 16.1. The van der Waals surface area contributed by atoms with Gasteiger partial charge >= 0.3 is 0 Å². The van der Waals surface area contributed by atoms with Crippen molar-refractivity contribution in [1.29, 1.82) is 0 Å². The van der Waals surface area contributed by atoms with Gasteiger partial charge in [0.2, 0.25) is 0 Å². The van der Waals surface area contributed by atoms with Crippen molar-refractivity contribution in [2.75, 3.05) is 0 Å². The highest BCUT2D eigenvalue weighted by Crippen LogP contribution is 2.32. The van der Waals surface area contributed by atoms with E-state index >= 15 is 0 Å². The molecule has 0 saturated heterocycles. The molecule has 0 radical (unpaired) electrons. The highest BCUT2D eigenvalue weighted by Gasteiger charge is 2.25. The summed E-state index contributed by atoms with van der Waals surface area (Å²) in [4.78, 5) is 11.4. The van der Waals surface area contributed by atoms with Crippen LogP contribution in [0.25, 0.3) is 0 Å². The zero-order valence-corrected chi connectivity index (χ0v) is 7.42. The average molecular weight is 160 g/mol. The van der Waals surface area contributed by atoms with Gasteiger partial charge in [-0.1, -0.05) is 30.7 Å². The number of benzene rings is 1. The number of rotatable bonds is 0. The Morgan fingerprint density at radius 1 is 1.42 bits per heavy atom. The minimum absolute atomic E-state index is 0.303. The summed E-state index contributed by atoms with van der Waals surface area (Å²) in [5.41, 5.74) is 3.42. The second kappa shape index (κ2) is 2.44. The third-order valence-electron chi connectivity index (χ3n) is 2.53. The van der Waals surface area contributed by atoms with Crippen LogP contribution in [0.1, 0.15) is 40.7 Å². The maximum absolute atomic E-state index is 11.4. The largest absolute Gasteiger partial charge is 0.294 e. The van der Waals surface area contributed by atoms with Gasteiger partial charge in [0.15, 0.2) is 5.78 Å². The summed E-state index contributed by atoms with van der Waals surface area (Å²) in [6, 6.07) is 6.09. The maximum atomic E-state index is 11.4. The average Bonchev–Trinajstić information content (AvgIpc) is 2.28. The molecule has 0 bridgehead atoms. The van der Waals surface area contributed by atoms with E-state index in [1.165, 1.54) is 11.1 Å². The molecule has 0 N–H and O–H groups in total. The lowest BCUT2D eigenvalue weighted by Gasteiger charge is -2.02. The van der Waals surface area contributed by atoms with Gasteiger partial charge in [0.05, 0.1) is 0 Å².